The number of nitrogens with one attached hydrogen (secondary N) is 1. The van der Waals surface area contributed by atoms with Gasteiger partial charge in [-0.25, -0.2) is 0 Å². The average Bonchev–Trinajstić information content (AvgIpc) is 2.21. The molecule has 1 aromatic heterocycles. The molecule has 1 N–H and O–H groups in total. The fourth-order valence-electron chi connectivity index (χ4n) is 1.07. The van der Waals surface area contributed by atoms with Crippen molar-refractivity contribution in [2.45, 2.75) is 0 Å². The first-order chi connectivity index (χ1) is 5.97. The summed E-state index contributed by atoms with van der Waals surface area (Å²) < 4.78 is 0. The zero-order valence-corrected chi connectivity index (χ0v) is 6.57. The standard InChI is InChI=1S/C9H9N3/c1-3-8(7-10-5-1)9-4-2-6-11-12-9/h1-5,7,11H,6H2. The van der Waals surface area contributed by atoms with Crippen molar-refractivity contribution in [2.75, 3.05) is 6.54 Å². The number of aromatic nitrogens is 1. The van der Waals surface area contributed by atoms with Crippen LogP contribution in [0.25, 0.3) is 0 Å². The maximum Gasteiger partial charge on any atom is 0.0914 e. The van der Waals surface area contributed by atoms with Gasteiger partial charge in [0.1, 0.15) is 0 Å². The van der Waals surface area contributed by atoms with E-state index in [9.17, 15) is 0 Å². The van der Waals surface area contributed by atoms with Gasteiger partial charge in [0.15, 0.2) is 0 Å². The van der Waals surface area contributed by atoms with Crippen LogP contribution in [0.3, 0.4) is 0 Å². The number of rotatable bonds is 1. The molecule has 1 aromatic rings. The topological polar surface area (TPSA) is 37.3 Å². The smallest absolute Gasteiger partial charge is 0.0914 e. The molecule has 0 radical (unpaired) electrons. The predicted octanol–water partition coefficient (Wildman–Crippen LogP) is 0.945. The molecule has 3 nitrogen and oxygen atoms in total. The van der Waals surface area contributed by atoms with Gasteiger partial charge in [-0.3, -0.25) is 4.98 Å². The van der Waals surface area contributed by atoms with Crippen LogP contribution in [0, 0.1) is 0 Å². The van der Waals surface area contributed by atoms with E-state index in [2.05, 4.69) is 15.5 Å². The summed E-state index contributed by atoms with van der Waals surface area (Å²) in [7, 11) is 0. The zero-order chi connectivity index (χ0) is 8.23. The lowest BCUT2D eigenvalue weighted by atomic mass is 10.1. The van der Waals surface area contributed by atoms with Crippen LogP contribution in [-0.2, 0) is 0 Å². The monoisotopic (exact) mass is 159 g/mol. The molecule has 1 aliphatic rings. The Balaban J connectivity index is 2.31. The minimum atomic E-state index is 0.809. The van der Waals surface area contributed by atoms with Crippen molar-refractivity contribution >= 4 is 5.71 Å². The zero-order valence-electron chi connectivity index (χ0n) is 6.57. The Morgan fingerprint density at radius 2 is 2.42 bits per heavy atom. The van der Waals surface area contributed by atoms with Gasteiger partial charge in [-0.05, 0) is 18.2 Å². The third-order valence-electron chi connectivity index (χ3n) is 1.64. The number of hydrazone groups is 1. The van der Waals surface area contributed by atoms with Crippen molar-refractivity contribution in [3.63, 3.8) is 0 Å². The highest BCUT2D eigenvalue weighted by Crippen LogP contribution is 2.01. The van der Waals surface area contributed by atoms with Gasteiger partial charge in [-0.1, -0.05) is 6.08 Å². The van der Waals surface area contributed by atoms with Gasteiger partial charge in [0.2, 0.25) is 0 Å². The van der Waals surface area contributed by atoms with Gasteiger partial charge >= 0.3 is 0 Å². The normalized spacial score (nSPS) is 15.2. The van der Waals surface area contributed by atoms with Crippen molar-refractivity contribution in [3.05, 3.63) is 42.2 Å². The molecule has 3 heteroatoms. The Morgan fingerprint density at radius 3 is 3.08 bits per heavy atom. The number of hydrogen-bond acceptors (Lipinski definition) is 3. The Hall–Kier alpha value is -1.64. The van der Waals surface area contributed by atoms with Crippen LogP contribution >= 0.6 is 0 Å². The molecule has 0 saturated carbocycles. The first kappa shape index (κ1) is 7.03. The highest BCUT2D eigenvalue weighted by atomic mass is 15.3. The predicted molar refractivity (Wildman–Crippen MR) is 47.9 cm³/mol. The minimum Gasteiger partial charge on any atom is -0.306 e. The maximum atomic E-state index is 4.14. The van der Waals surface area contributed by atoms with E-state index in [0.29, 0.717) is 0 Å². The van der Waals surface area contributed by atoms with E-state index in [4.69, 9.17) is 0 Å². The molecule has 0 unspecified atom stereocenters. The fourth-order valence-corrected chi connectivity index (χ4v) is 1.07. The van der Waals surface area contributed by atoms with E-state index in [1.54, 1.807) is 12.4 Å². The molecule has 2 heterocycles. The van der Waals surface area contributed by atoms with E-state index in [0.717, 1.165) is 17.8 Å². The molecule has 2 rings (SSSR count). The van der Waals surface area contributed by atoms with E-state index in [-0.39, 0.29) is 0 Å². The van der Waals surface area contributed by atoms with Crippen LogP contribution in [0.1, 0.15) is 5.56 Å². The molecule has 60 valence electrons. The summed E-state index contributed by atoms with van der Waals surface area (Å²) in [5, 5.41) is 4.14. The van der Waals surface area contributed by atoms with Crippen molar-refractivity contribution in [1.82, 2.24) is 10.4 Å². The molecule has 0 spiro atoms. The van der Waals surface area contributed by atoms with Crippen molar-refractivity contribution in [3.8, 4) is 0 Å². The van der Waals surface area contributed by atoms with Crippen LogP contribution in [0.15, 0.2) is 41.8 Å². The second kappa shape index (κ2) is 3.17. The third-order valence-corrected chi connectivity index (χ3v) is 1.64. The molecule has 1 aliphatic heterocycles. The number of allylic oxidation sites excluding steroid dienone is 1. The van der Waals surface area contributed by atoms with E-state index >= 15 is 0 Å². The summed E-state index contributed by atoms with van der Waals surface area (Å²) in [4.78, 5) is 4.02. The molecular formula is C9H9N3. The number of hydrogen-bond donors (Lipinski definition) is 1. The molecule has 0 fully saturated rings. The summed E-state index contributed by atoms with van der Waals surface area (Å²) >= 11 is 0. The molecule has 0 amide bonds. The van der Waals surface area contributed by atoms with Crippen molar-refractivity contribution in [1.29, 1.82) is 0 Å². The summed E-state index contributed by atoms with van der Waals surface area (Å²) in [6, 6.07) is 3.89. The molecule has 0 atom stereocenters. The van der Waals surface area contributed by atoms with Crippen LogP contribution in [0.5, 0.6) is 0 Å². The number of nitrogens with zero attached hydrogens (tertiary/aromatic N) is 2. The Kier molecular flexibility index (Phi) is 1.86. The first-order valence-electron chi connectivity index (χ1n) is 3.84. The Bertz CT molecular complexity index is 314. The fraction of sp³-hybridized carbons (Fsp3) is 0.111. The van der Waals surface area contributed by atoms with Gasteiger partial charge in [0.25, 0.3) is 0 Å². The SMILES string of the molecule is C1=CC(c2cccnc2)=NNC1. The largest absolute Gasteiger partial charge is 0.306 e. The lowest BCUT2D eigenvalue weighted by Gasteiger charge is -2.05. The highest BCUT2D eigenvalue weighted by Gasteiger charge is 2.00. The molecule has 12 heavy (non-hydrogen) atoms. The molecule has 0 bridgehead atoms. The third kappa shape index (κ3) is 1.34. The van der Waals surface area contributed by atoms with Crippen LogP contribution in [0.4, 0.5) is 0 Å². The van der Waals surface area contributed by atoms with Crippen LogP contribution < -0.4 is 5.43 Å². The van der Waals surface area contributed by atoms with E-state index in [1.807, 2.05) is 24.3 Å². The lowest BCUT2D eigenvalue weighted by molar-refractivity contribution is 0.817. The Morgan fingerprint density at radius 1 is 1.42 bits per heavy atom. The Labute approximate surface area is 70.8 Å². The summed E-state index contributed by atoms with van der Waals surface area (Å²) in [6.07, 6.45) is 7.59. The first-order valence-corrected chi connectivity index (χ1v) is 3.84. The minimum absolute atomic E-state index is 0.809. The van der Waals surface area contributed by atoms with E-state index < -0.39 is 0 Å². The van der Waals surface area contributed by atoms with Crippen molar-refractivity contribution < 1.29 is 0 Å². The maximum absolute atomic E-state index is 4.14. The second-order valence-corrected chi connectivity index (χ2v) is 2.50. The van der Waals surface area contributed by atoms with Gasteiger partial charge in [0.05, 0.1) is 12.3 Å². The van der Waals surface area contributed by atoms with Gasteiger partial charge in [0, 0.05) is 18.0 Å². The highest BCUT2D eigenvalue weighted by molar-refractivity contribution is 6.08. The van der Waals surface area contributed by atoms with Gasteiger partial charge in [-0.15, -0.1) is 0 Å². The number of pyridine rings is 1. The van der Waals surface area contributed by atoms with Crippen LogP contribution in [-0.4, -0.2) is 17.2 Å². The summed E-state index contributed by atoms with van der Waals surface area (Å²) in [6.45, 7) is 0.809. The van der Waals surface area contributed by atoms with Gasteiger partial charge in [-0.2, -0.15) is 5.10 Å². The molecule has 0 aromatic carbocycles. The lowest BCUT2D eigenvalue weighted by Crippen LogP contribution is -2.14. The van der Waals surface area contributed by atoms with Gasteiger partial charge < -0.3 is 5.43 Å². The van der Waals surface area contributed by atoms with Crippen LogP contribution in [0.2, 0.25) is 0 Å². The quantitative estimate of drug-likeness (QED) is 0.662. The summed E-state index contributed by atoms with van der Waals surface area (Å²) in [5.74, 6) is 0. The summed E-state index contributed by atoms with van der Waals surface area (Å²) in [5.41, 5.74) is 4.89. The molecule has 0 aliphatic carbocycles. The van der Waals surface area contributed by atoms with E-state index in [1.165, 1.54) is 0 Å². The second-order valence-electron chi connectivity index (χ2n) is 2.50. The average molecular weight is 159 g/mol. The molecule has 0 saturated heterocycles. The van der Waals surface area contributed by atoms with Crippen molar-refractivity contribution in [2.24, 2.45) is 5.10 Å². The molecular weight excluding hydrogens is 150 g/mol.